The molecule has 42 heavy (non-hydrogen) atoms. The van der Waals surface area contributed by atoms with Crippen molar-refractivity contribution in [3.63, 3.8) is 0 Å². The van der Waals surface area contributed by atoms with Crippen molar-refractivity contribution in [2.45, 2.75) is 90.3 Å². The second-order valence-corrected chi connectivity index (χ2v) is 10.5. The molecule has 0 saturated heterocycles. The van der Waals surface area contributed by atoms with Gasteiger partial charge in [-0.2, -0.15) is 0 Å². The molecule has 0 aromatic rings. The monoisotopic (exact) mass is 650 g/mol. The van der Waals surface area contributed by atoms with Gasteiger partial charge in [-0.05, 0) is 12.8 Å². The number of rotatable bonds is 20. The molecule has 0 aliphatic heterocycles. The Balaban J connectivity index is -0.000000547. The Labute approximate surface area is 249 Å². The van der Waals surface area contributed by atoms with Crippen LogP contribution in [0.5, 0.6) is 0 Å². The van der Waals surface area contributed by atoms with E-state index in [-0.39, 0.29) is 12.8 Å². The van der Waals surface area contributed by atoms with Crippen LogP contribution in [-0.2, 0) is 57.3 Å². The Morgan fingerprint density at radius 2 is 0.905 bits per heavy atom. The minimum atomic E-state index is -2.77. The minimum absolute atomic E-state index is 0.175. The second kappa shape index (κ2) is 22.7. The van der Waals surface area contributed by atoms with Gasteiger partial charge in [0.1, 0.15) is 0 Å². The number of unbranched alkanes of at least 4 members (excludes halogenated alkanes) is 2. The molecule has 0 bridgehead atoms. The number of carboxylic acid groups (broad SMARTS) is 6. The van der Waals surface area contributed by atoms with Gasteiger partial charge in [0.15, 0.2) is 11.2 Å². The van der Waals surface area contributed by atoms with Gasteiger partial charge < -0.3 is 40.9 Å². The SMILES string of the molecule is CCC(C(=O)O)C(O)(CC(=O)O)C(=O)O.CCC(C(=O)O)C(O)(CC(=O)O)C(=O)O.CCCC[O][Ti](=[O])[O]CCCC. The van der Waals surface area contributed by atoms with Crippen LogP contribution in [0, 0.1) is 11.8 Å². The first-order valence-electron chi connectivity index (χ1n) is 12.9. The zero-order valence-electron chi connectivity index (χ0n) is 24.0. The van der Waals surface area contributed by atoms with Gasteiger partial charge in [-0.1, -0.05) is 13.8 Å². The van der Waals surface area contributed by atoms with Crippen LogP contribution in [0.15, 0.2) is 0 Å². The summed E-state index contributed by atoms with van der Waals surface area (Å²) >= 11 is -2.76. The van der Waals surface area contributed by atoms with Gasteiger partial charge in [0.2, 0.25) is 0 Å². The van der Waals surface area contributed by atoms with E-state index < -0.39 is 90.3 Å². The van der Waals surface area contributed by atoms with Gasteiger partial charge in [0.25, 0.3) is 0 Å². The third kappa shape index (κ3) is 17.2. The van der Waals surface area contributed by atoms with Crippen molar-refractivity contribution in [2.75, 3.05) is 13.2 Å². The number of aliphatic hydroxyl groups is 2. The zero-order valence-corrected chi connectivity index (χ0v) is 25.5. The quantitative estimate of drug-likeness (QED) is 0.0677. The van der Waals surface area contributed by atoms with Gasteiger partial charge in [-0.15, -0.1) is 0 Å². The van der Waals surface area contributed by atoms with Gasteiger partial charge in [0, 0.05) is 0 Å². The molecule has 0 spiro atoms. The first kappa shape index (κ1) is 43.6. The molecule has 4 unspecified atom stereocenters. The van der Waals surface area contributed by atoms with Crippen LogP contribution in [-0.4, -0.2) is 101 Å². The number of hydrogen-bond acceptors (Lipinski definition) is 11. The van der Waals surface area contributed by atoms with Crippen molar-refractivity contribution in [1.29, 1.82) is 0 Å². The summed E-state index contributed by atoms with van der Waals surface area (Å²) in [5.74, 6) is -13.2. The van der Waals surface area contributed by atoms with E-state index >= 15 is 0 Å². The van der Waals surface area contributed by atoms with Crippen molar-refractivity contribution < 1.29 is 98.2 Å². The summed E-state index contributed by atoms with van der Waals surface area (Å²) < 4.78 is 21.0. The van der Waals surface area contributed by atoms with Crippen molar-refractivity contribution in [2.24, 2.45) is 11.8 Å². The van der Waals surface area contributed by atoms with E-state index in [1.54, 1.807) is 0 Å². The van der Waals surface area contributed by atoms with E-state index in [1.165, 1.54) is 13.8 Å². The van der Waals surface area contributed by atoms with E-state index in [2.05, 4.69) is 13.8 Å². The summed E-state index contributed by atoms with van der Waals surface area (Å²) in [5.41, 5.74) is -5.54. The molecule has 8 N–H and O–H groups in total. The fraction of sp³-hybridized carbons (Fsp3) is 0.750. The Bertz CT molecular complexity index is 837. The van der Waals surface area contributed by atoms with Gasteiger partial charge in [-0.3, -0.25) is 19.2 Å². The molecule has 0 amide bonds. The fourth-order valence-electron chi connectivity index (χ4n) is 3.23. The average molecular weight is 650 g/mol. The number of hydrogen-bond donors (Lipinski definition) is 8. The van der Waals surface area contributed by atoms with Gasteiger partial charge in [-0.25, -0.2) is 9.59 Å². The normalized spacial score (nSPS) is 14.6. The summed E-state index contributed by atoms with van der Waals surface area (Å²) in [6.45, 7) is 8.03. The molecule has 0 aliphatic rings. The molecule has 0 radical (unpaired) electrons. The van der Waals surface area contributed by atoms with Crippen LogP contribution >= 0.6 is 0 Å². The van der Waals surface area contributed by atoms with Crippen LogP contribution in [0.2, 0.25) is 0 Å². The summed E-state index contributed by atoms with van der Waals surface area (Å²) in [6, 6.07) is 0. The van der Waals surface area contributed by atoms with Crippen LogP contribution in [0.3, 0.4) is 0 Å². The maximum atomic E-state index is 11.0. The Hall–Kier alpha value is -2.83. The number of aliphatic carboxylic acids is 6. The number of carboxylic acids is 6. The van der Waals surface area contributed by atoms with Crippen molar-refractivity contribution in [1.82, 2.24) is 0 Å². The van der Waals surface area contributed by atoms with Crippen LogP contribution in [0.25, 0.3) is 0 Å². The molecular weight excluding hydrogens is 608 g/mol. The predicted octanol–water partition coefficient (Wildman–Crippen LogP) is 1.19. The molecule has 0 heterocycles. The van der Waals surface area contributed by atoms with Crippen molar-refractivity contribution >= 4 is 35.8 Å². The fourth-order valence-corrected chi connectivity index (χ4v) is 4.33. The summed E-state index contributed by atoms with van der Waals surface area (Å²) in [7, 11) is 0. The molecule has 0 fully saturated rings. The summed E-state index contributed by atoms with van der Waals surface area (Å²) in [6.07, 6.45) is 1.43. The van der Waals surface area contributed by atoms with Crippen molar-refractivity contribution in [3.8, 4) is 0 Å². The van der Waals surface area contributed by atoms with E-state index in [1.807, 2.05) is 0 Å². The van der Waals surface area contributed by atoms with Gasteiger partial charge >= 0.3 is 117 Å². The van der Waals surface area contributed by atoms with Gasteiger partial charge in [0.05, 0.1) is 24.7 Å². The molecule has 0 aliphatic carbocycles. The Morgan fingerprint density at radius 1 is 0.619 bits per heavy atom. The first-order valence-corrected chi connectivity index (χ1v) is 14.8. The van der Waals surface area contributed by atoms with Crippen LogP contribution in [0.1, 0.15) is 79.1 Å². The number of carbonyl (C=O) groups is 6. The summed E-state index contributed by atoms with van der Waals surface area (Å²) in [5, 5.41) is 70.5. The van der Waals surface area contributed by atoms with Crippen LogP contribution < -0.4 is 0 Å². The molecule has 0 rings (SSSR count). The molecular formula is C24H42O17Ti. The van der Waals surface area contributed by atoms with E-state index in [0.717, 1.165) is 25.7 Å². The molecule has 0 aromatic carbocycles. The van der Waals surface area contributed by atoms with E-state index in [0.29, 0.717) is 13.2 Å². The molecule has 17 nitrogen and oxygen atoms in total. The summed E-state index contributed by atoms with van der Waals surface area (Å²) in [4.78, 5) is 63.4. The zero-order chi connectivity index (χ0) is 33.7. The molecule has 18 heteroatoms. The second-order valence-electron chi connectivity index (χ2n) is 8.85. The van der Waals surface area contributed by atoms with E-state index in [4.69, 9.17) is 37.3 Å². The molecule has 4 atom stereocenters. The van der Waals surface area contributed by atoms with E-state index in [9.17, 15) is 42.3 Å². The predicted molar refractivity (Wildman–Crippen MR) is 135 cm³/mol. The average Bonchev–Trinajstić information content (AvgIpc) is 2.84. The third-order valence-electron chi connectivity index (χ3n) is 5.58. The molecule has 244 valence electrons. The van der Waals surface area contributed by atoms with Crippen molar-refractivity contribution in [3.05, 3.63) is 0 Å². The Morgan fingerprint density at radius 3 is 1.07 bits per heavy atom. The first-order chi connectivity index (χ1) is 19.3. The Kier molecular flexibility index (Phi) is 23.6. The maximum absolute atomic E-state index is 11.0. The molecule has 0 saturated carbocycles. The standard InChI is InChI=1S/2C8H12O7.2C4H9O.O.Ti/c2*1-2-4(6(11)12)8(15,7(13)14)3-5(9)10;2*1-2-3-4-5;;/h2*4,15H,2-3H2,1H3,(H,9,10)(H,11,12)(H,13,14);2*2-4H2,1H3;;/q;;2*-1;;+2. The topological polar surface area (TPSA) is 300 Å². The molecule has 0 aromatic heterocycles. The third-order valence-corrected chi connectivity index (χ3v) is 6.96. The van der Waals surface area contributed by atoms with Crippen LogP contribution in [0.4, 0.5) is 0 Å².